The molecule has 0 aliphatic rings. The van der Waals surface area contributed by atoms with Crippen LogP contribution < -0.4 is 5.73 Å². The third-order valence-corrected chi connectivity index (χ3v) is 6.31. The van der Waals surface area contributed by atoms with E-state index in [-0.39, 0.29) is 17.5 Å². The Hall–Kier alpha value is -3.30. The molecule has 0 bridgehead atoms. The summed E-state index contributed by atoms with van der Waals surface area (Å²) < 4.78 is 19.4. The number of anilines is 1. The van der Waals surface area contributed by atoms with Crippen molar-refractivity contribution in [3.63, 3.8) is 0 Å². The molecule has 2 aromatic carbocycles. The number of aromatic nitrogens is 2. The van der Waals surface area contributed by atoms with Gasteiger partial charge >= 0.3 is 0 Å². The first kappa shape index (κ1) is 24.3. The van der Waals surface area contributed by atoms with E-state index in [0.29, 0.717) is 63.6 Å². The van der Waals surface area contributed by atoms with E-state index in [1.165, 1.54) is 17.0 Å². The molecule has 0 fully saturated rings. The number of aryl methyl sites for hydroxylation is 1. The summed E-state index contributed by atoms with van der Waals surface area (Å²) in [7, 11) is 1.56. The highest BCUT2D eigenvalue weighted by Gasteiger charge is 2.19. The van der Waals surface area contributed by atoms with E-state index in [9.17, 15) is 14.0 Å². The first-order valence-electron chi connectivity index (χ1n) is 10.2. The predicted molar refractivity (Wildman–Crippen MR) is 128 cm³/mol. The number of ether oxygens (including phenoxy) is 1. The zero-order valence-corrected chi connectivity index (χ0v) is 19.5. The van der Waals surface area contributed by atoms with E-state index >= 15 is 0 Å². The van der Waals surface area contributed by atoms with Crippen molar-refractivity contribution in [3.05, 3.63) is 76.0 Å². The maximum absolute atomic E-state index is 14.2. The number of nitrogens with two attached hydrogens (primary N) is 1. The first-order valence-corrected chi connectivity index (χ1v) is 11.1. The fraction of sp³-hybridized carbons (Fsp3) is 0.250. The quantitative estimate of drug-likeness (QED) is 0.463. The molecule has 0 saturated heterocycles. The number of allylic oxidation sites excluding steroid dienone is 1. The summed E-state index contributed by atoms with van der Waals surface area (Å²) in [5.41, 5.74) is 7.57. The second-order valence-corrected chi connectivity index (χ2v) is 8.41. The predicted octanol–water partition coefficient (Wildman–Crippen LogP) is 4.46. The zero-order valence-electron chi connectivity index (χ0n) is 18.7. The molecule has 7 nitrogen and oxygen atoms in total. The van der Waals surface area contributed by atoms with Gasteiger partial charge in [-0.15, -0.1) is 0 Å². The minimum atomic E-state index is -0.386. The second-order valence-electron chi connectivity index (χ2n) is 7.34. The Bertz CT molecular complexity index is 1220. The lowest BCUT2D eigenvalue weighted by atomic mass is 10.1. The van der Waals surface area contributed by atoms with Gasteiger partial charge in [-0.1, -0.05) is 24.3 Å². The summed E-state index contributed by atoms with van der Waals surface area (Å²) in [6.45, 7) is 4.01. The maximum Gasteiger partial charge on any atom is 0.224 e. The molecular weight excluding hydrogens is 443 g/mol. The molecule has 1 aromatic heterocycles. The monoisotopic (exact) mass is 468 g/mol. The van der Waals surface area contributed by atoms with E-state index in [0.717, 1.165) is 11.8 Å². The molecule has 3 rings (SSSR count). The lowest BCUT2D eigenvalue weighted by Crippen LogP contribution is -2.22. The van der Waals surface area contributed by atoms with Crippen LogP contribution in [0.5, 0.6) is 0 Å². The molecule has 0 radical (unpaired) electrons. The molecule has 1 heterocycles. The SMILES string of the molecule is COCC/C(SC(=O)c1ccc(F)c2ccccc12)=C(\C)N(C=O)Cc1cnc(C)nc1N. The number of methoxy groups -OCH3 is 1. The summed E-state index contributed by atoms with van der Waals surface area (Å²) in [6, 6.07) is 9.62. The van der Waals surface area contributed by atoms with Crippen LogP contribution in [-0.2, 0) is 16.1 Å². The van der Waals surface area contributed by atoms with Crippen LogP contribution in [0, 0.1) is 12.7 Å². The van der Waals surface area contributed by atoms with Crippen LogP contribution in [0.4, 0.5) is 10.2 Å². The minimum absolute atomic E-state index is 0.159. The van der Waals surface area contributed by atoms with Crippen LogP contribution in [-0.4, -0.2) is 40.1 Å². The second kappa shape index (κ2) is 11.0. The first-order chi connectivity index (χ1) is 15.8. The van der Waals surface area contributed by atoms with Crippen molar-refractivity contribution in [2.45, 2.75) is 26.8 Å². The van der Waals surface area contributed by atoms with Crippen LogP contribution in [0.3, 0.4) is 0 Å². The number of carbonyl (C=O) groups excluding carboxylic acids is 2. The number of hydrogen-bond donors (Lipinski definition) is 1. The molecular formula is C24H25FN4O3S. The molecule has 1 amide bonds. The Morgan fingerprint density at radius 1 is 1.24 bits per heavy atom. The van der Waals surface area contributed by atoms with Gasteiger partial charge < -0.3 is 15.4 Å². The third kappa shape index (κ3) is 5.74. The number of thioether (sulfide) groups is 1. The van der Waals surface area contributed by atoms with Crippen LogP contribution >= 0.6 is 11.8 Å². The lowest BCUT2D eigenvalue weighted by molar-refractivity contribution is -0.116. The molecule has 172 valence electrons. The van der Waals surface area contributed by atoms with Gasteiger partial charge in [-0.05, 0) is 43.1 Å². The van der Waals surface area contributed by atoms with E-state index in [2.05, 4.69) is 9.97 Å². The topological polar surface area (TPSA) is 98.4 Å². The van der Waals surface area contributed by atoms with Gasteiger partial charge in [-0.3, -0.25) is 9.59 Å². The molecule has 0 atom stereocenters. The molecule has 3 aromatic rings. The van der Waals surface area contributed by atoms with E-state index < -0.39 is 0 Å². The highest BCUT2D eigenvalue weighted by Crippen LogP contribution is 2.32. The average Bonchev–Trinajstić information content (AvgIpc) is 2.81. The van der Waals surface area contributed by atoms with Crippen molar-refractivity contribution >= 4 is 39.9 Å². The highest BCUT2D eigenvalue weighted by atomic mass is 32.2. The number of carbonyl (C=O) groups is 2. The Labute approximate surface area is 195 Å². The van der Waals surface area contributed by atoms with Gasteiger partial charge in [0.25, 0.3) is 0 Å². The maximum atomic E-state index is 14.2. The molecule has 0 spiro atoms. The highest BCUT2D eigenvalue weighted by molar-refractivity contribution is 8.17. The molecule has 2 N–H and O–H groups in total. The fourth-order valence-corrected chi connectivity index (χ4v) is 4.28. The number of hydrogen-bond acceptors (Lipinski definition) is 7. The normalized spacial score (nSPS) is 11.9. The average molecular weight is 469 g/mol. The van der Waals surface area contributed by atoms with Crippen molar-refractivity contribution in [2.75, 3.05) is 19.5 Å². The molecule has 0 aliphatic carbocycles. The van der Waals surface area contributed by atoms with Crippen LogP contribution in [0.15, 0.2) is 53.2 Å². The Balaban J connectivity index is 1.94. The fourth-order valence-electron chi connectivity index (χ4n) is 3.32. The van der Waals surface area contributed by atoms with Gasteiger partial charge in [0.2, 0.25) is 11.5 Å². The van der Waals surface area contributed by atoms with E-state index in [4.69, 9.17) is 10.5 Å². The number of rotatable bonds is 9. The molecule has 0 saturated carbocycles. The van der Waals surface area contributed by atoms with Gasteiger partial charge in [-0.2, -0.15) is 0 Å². The summed E-state index contributed by atoms with van der Waals surface area (Å²) >= 11 is 1.00. The lowest BCUT2D eigenvalue weighted by Gasteiger charge is -2.22. The summed E-state index contributed by atoms with van der Waals surface area (Å²) in [4.78, 5) is 35.5. The van der Waals surface area contributed by atoms with Crippen molar-refractivity contribution < 1.29 is 18.7 Å². The standard InChI is InChI=1S/C24H25FN4O3S/c1-15(29(14-30)13-17-12-27-16(2)28-23(17)26)22(10-11-32-3)33-24(31)20-8-9-21(25)19-7-5-4-6-18(19)20/h4-9,12,14H,10-11,13H2,1-3H3,(H2,26,27,28)/b22-15-. The number of nitrogens with zero attached hydrogens (tertiary/aromatic N) is 3. The van der Waals surface area contributed by atoms with Gasteiger partial charge in [0.1, 0.15) is 17.5 Å². The zero-order chi connectivity index (χ0) is 24.0. The third-order valence-electron chi connectivity index (χ3n) is 5.16. The molecule has 33 heavy (non-hydrogen) atoms. The van der Waals surface area contributed by atoms with Crippen LogP contribution in [0.2, 0.25) is 0 Å². The minimum Gasteiger partial charge on any atom is -0.384 e. The van der Waals surface area contributed by atoms with Crippen molar-refractivity contribution in [3.8, 4) is 0 Å². The van der Waals surface area contributed by atoms with Crippen LogP contribution in [0.1, 0.15) is 35.1 Å². The number of benzene rings is 2. The molecule has 0 unspecified atom stereocenters. The Morgan fingerprint density at radius 2 is 1.97 bits per heavy atom. The smallest absolute Gasteiger partial charge is 0.224 e. The Morgan fingerprint density at radius 3 is 2.64 bits per heavy atom. The van der Waals surface area contributed by atoms with Gasteiger partial charge in [0.05, 0.1) is 13.2 Å². The summed E-state index contributed by atoms with van der Waals surface area (Å²) in [5.74, 6) is 0.445. The molecule has 0 aliphatic heterocycles. The van der Waals surface area contributed by atoms with E-state index in [1.807, 2.05) is 0 Å². The van der Waals surface area contributed by atoms with Crippen molar-refractivity contribution in [1.82, 2.24) is 14.9 Å². The summed E-state index contributed by atoms with van der Waals surface area (Å²) in [6.07, 6.45) is 2.68. The number of nitrogen functional groups attached to an aromatic ring is 1. The van der Waals surface area contributed by atoms with Crippen LogP contribution in [0.25, 0.3) is 10.8 Å². The number of fused-ring (bicyclic) bond motifs is 1. The number of halogens is 1. The van der Waals surface area contributed by atoms with Gasteiger partial charge in [-0.25, -0.2) is 14.4 Å². The summed E-state index contributed by atoms with van der Waals surface area (Å²) in [5, 5.41) is 0.670. The number of amides is 1. The molecule has 9 heteroatoms. The van der Waals surface area contributed by atoms with Gasteiger partial charge in [0.15, 0.2) is 0 Å². The Kier molecular flexibility index (Phi) is 8.13. The largest absolute Gasteiger partial charge is 0.384 e. The van der Waals surface area contributed by atoms with E-state index in [1.54, 1.807) is 51.4 Å². The van der Waals surface area contributed by atoms with Gasteiger partial charge in [0, 0.05) is 46.8 Å². The van der Waals surface area contributed by atoms with Crippen molar-refractivity contribution in [1.29, 1.82) is 0 Å². The van der Waals surface area contributed by atoms with Crippen molar-refractivity contribution in [2.24, 2.45) is 0 Å².